The van der Waals surface area contributed by atoms with Crippen molar-refractivity contribution in [1.29, 1.82) is 5.26 Å². The highest BCUT2D eigenvalue weighted by molar-refractivity contribution is 5.83. The van der Waals surface area contributed by atoms with Crippen molar-refractivity contribution in [3.8, 4) is 6.07 Å². The Hall–Kier alpha value is -1.08. The van der Waals surface area contributed by atoms with Gasteiger partial charge in [0.05, 0.1) is 12.5 Å². The molecule has 0 bridgehead atoms. The van der Waals surface area contributed by atoms with E-state index in [0.29, 0.717) is 18.5 Å². The molecule has 1 aliphatic heterocycles. The summed E-state index contributed by atoms with van der Waals surface area (Å²) in [6.07, 6.45) is 5.19. The number of carbonyl (C=O) groups is 1. The first-order valence-corrected chi connectivity index (χ1v) is 6.16. The molecule has 1 saturated carbocycles. The minimum absolute atomic E-state index is 0.0338. The van der Waals surface area contributed by atoms with Crippen molar-refractivity contribution in [1.82, 2.24) is 10.2 Å². The van der Waals surface area contributed by atoms with Crippen LogP contribution in [-0.2, 0) is 4.79 Å². The van der Waals surface area contributed by atoms with Crippen molar-refractivity contribution >= 4 is 5.91 Å². The molecule has 1 saturated heterocycles. The van der Waals surface area contributed by atoms with Gasteiger partial charge in [-0.1, -0.05) is 12.8 Å². The first-order chi connectivity index (χ1) is 7.74. The topological polar surface area (TPSA) is 56.1 Å². The van der Waals surface area contributed by atoms with Gasteiger partial charge in [-0.2, -0.15) is 5.26 Å². The average molecular weight is 221 g/mol. The van der Waals surface area contributed by atoms with Gasteiger partial charge in [-0.15, -0.1) is 0 Å². The van der Waals surface area contributed by atoms with Gasteiger partial charge in [0.25, 0.3) is 0 Å². The van der Waals surface area contributed by atoms with Crippen LogP contribution >= 0.6 is 0 Å². The standard InChI is InChI=1S/C12H19N3O/c1-9-8-14-12(16)11(6-7-13)15(9)10-4-2-3-5-10/h9-11H,2-6,8H2,1H3,(H,14,16). The van der Waals surface area contributed by atoms with Crippen molar-refractivity contribution in [2.24, 2.45) is 0 Å². The maximum absolute atomic E-state index is 11.8. The highest BCUT2D eigenvalue weighted by Gasteiger charge is 2.38. The molecule has 16 heavy (non-hydrogen) atoms. The minimum Gasteiger partial charge on any atom is -0.353 e. The Morgan fingerprint density at radius 3 is 2.81 bits per heavy atom. The fourth-order valence-electron chi connectivity index (χ4n) is 3.02. The number of nitrogens with zero attached hydrogens (tertiary/aromatic N) is 2. The lowest BCUT2D eigenvalue weighted by Gasteiger charge is -2.43. The molecule has 0 aromatic rings. The molecule has 2 atom stereocenters. The van der Waals surface area contributed by atoms with E-state index in [-0.39, 0.29) is 11.9 Å². The van der Waals surface area contributed by atoms with E-state index < -0.39 is 0 Å². The second kappa shape index (κ2) is 4.84. The zero-order valence-corrected chi connectivity index (χ0v) is 9.78. The molecule has 1 aliphatic carbocycles. The third kappa shape index (κ3) is 2.05. The molecule has 88 valence electrons. The molecule has 4 nitrogen and oxygen atoms in total. The van der Waals surface area contributed by atoms with E-state index in [0.717, 1.165) is 6.54 Å². The molecule has 2 unspecified atom stereocenters. The number of amides is 1. The maximum atomic E-state index is 11.8. The van der Waals surface area contributed by atoms with Crippen LogP contribution in [0.4, 0.5) is 0 Å². The van der Waals surface area contributed by atoms with Crippen molar-refractivity contribution in [3.63, 3.8) is 0 Å². The summed E-state index contributed by atoms with van der Waals surface area (Å²) in [5.74, 6) is 0.0338. The molecule has 2 aliphatic rings. The van der Waals surface area contributed by atoms with Crippen LogP contribution in [0.15, 0.2) is 0 Å². The van der Waals surface area contributed by atoms with Crippen LogP contribution in [0.25, 0.3) is 0 Å². The van der Waals surface area contributed by atoms with Gasteiger partial charge in [-0.25, -0.2) is 0 Å². The molecule has 1 N–H and O–H groups in total. The van der Waals surface area contributed by atoms with Crippen LogP contribution in [0.5, 0.6) is 0 Å². The van der Waals surface area contributed by atoms with Gasteiger partial charge >= 0.3 is 0 Å². The summed E-state index contributed by atoms with van der Waals surface area (Å²) in [5, 5.41) is 11.7. The normalized spacial score (nSPS) is 32.4. The Kier molecular flexibility index (Phi) is 3.45. The maximum Gasteiger partial charge on any atom is 0.238 e. The first-order valence-electron chi connectivity index (χ1n) is 6.16. The largest absolute Gasteiger partial charge is 0.353 e. The van der Waals surface area contributed by atoms with Crippen molar-refractivity contribution in [2.45, 2.75) is 57.2 Å². The van der Waals surface area contributed by atoms with Gasteiger partial charge in [0.2, 0.25) is 5.91 Å². The monoisotopic (exact) mass is 221 g/mol. The predicted octanol–water partition coefficient (Wildman–Crippen LogP) is 1.03. The number of hydrogen-bond acceptors (Lipinski definition) is 3. The quantitative estimate of drug-likeness (QED) is 0.757. The predicted molar refractivity (Wildman–Crippen MR) is 60.6 cm³/mol. The summed E-state index contributed by atoms with van der Waals surface area (Å²) in [6, 6.07) is 2.79. The Morgan fingerprint density at radius 2 is 2.19 bits per heavy atom. The molecule has 0 radical (unpaired) electrons. The molecule has 2 fully saturated rings. The Labute approximate surface area is 96.6 Å². The van der Waals surface area contributed by atoms with E-state index >= 15 is 0 Å². The van der Waals surface area contributed by atoms with Crippen LogP contribution in [0, 0.1) is 11.3 Å². The van der Waals surface area contributed by atoms with Crippen LogP contribution < -0.4 is 5.32 Å². The van der Waals surface area contributed by atoms with Crippen LogP contribution in [0.3, 0.4) is 0 Å². The average Bonchev–Trinajstić information content (AvgIpc) is 2.77. The number of nitriles is 1. The lowest BCUT2D eigenvalue weighted by Crippen LogP contribution is -2.62. The summed E-state index contributed by atoms with van der Waals surface area (Å²) in [6.45, 7) is 2.86. The molecule has 2 rings (SSSR count). The lowest BCUT2D eigenvalue weighted by atomic mass is 10.0. The lowest BCUT2D eigenvalue weighted by molar-refractivity contribution is -0.132. The number of hydrogen-bond donors (Lipinski definition) is 1. The van der Waals surface area contributed by atoms with Gasteiger partial charge in [0, 0.05) is 18.6 Å². The molecular weight excluding hydrogens is 202 g/mol. The second-order valence-corrected chi connectivity index (χ2v) is 4.86. The van der Waals surface area contributed by atoms with E-state index in [1.807, 2.05) is 0 Å². The van der Waals surface area contributed by atoms with Gasteiger partial charge < -0.3 is 5.32 Å². The fourth-order valence-corrected chi connectivity index (χ4v) is 3.02. The van der Waals surface area contributed by atoms with Crippen LogP contribution in [0.1, 0.15) is 39.0 Å². The summed E-state index contributed by atoms with van der Waals surface area (Å²) in [4.78, 5) is 14.1. The summed E-state index contributed by atoms with van der Waals surface area (Å²) < 4.78 is 0. The number of carbonyl (C=O) groups excluding carboxylic acids is 1. The van der Waals surface area contributed by atoms with Crippen LogP contribution in [-0.4, -0.2) is 35.5 Å². The Balaban J connectivity index is 2.14. The van der Waals surface area contributed by atoms with Crippen LogP contribution in [0.2, 0.25) is 0 Å². The Bertz CT molecular complexity index is 304. The summed E-state index contributed by atoms with van der Waals surface area (Å²) in [5.41, 5.74) is 0. The van der Waals surface area contributed by atoms with Crippen molar-refractivity contribution in [3.05, 3.63) is 0 Å². The van der Waals surface area contributed by atoms with E-state index in [1.165, 1.54) is 25.7 Å². The zero-order valence-electron chi connectivity index (χ0n) is 9.78. The van der Waals surface area contributed by atoms with E-state index in [4.69, 9.17) is 5.26 Å². The van der Waals surface area contributed by atoms with Crippen molar-refractivity contribution < 1.29 is 4.79 Å². The minimum atomic E-state index is -0.225. The third-order valence-electron chi connectivity index (χ3n) is 3.77. The number of rotatable bonds is 2. The van der Waals surface area contributed by atoms with E-state index in [1.54, 1.807) is 0 Å². The summed E-state index contributed by atoms with van der Waals surface area (Å²) >= 11 is 0. The van der Waals surface area contributed by atoms with E-state index in [2.05, 4.69) is 23.2 Å². The van der Waals surface area contributed by atoms with Gasteiger partial charge in [0.15, 0.2) is 0 Å². The molecule has 4 heteroatoms. The Morgan fingerprint density at radius 1 is 1.50 bits per heavy atom. The summed E-state index contributed by atoms with van der Waals surface area (Å²) in [7, 11) is 0. The smallest absolute Gasteiger partial charge is 0.238 e. The molecule has 0 aromatic carbocycles. The van der Waals surface area contributed by atoms with Crippen molar-refractivity contribution in [2.75, 3.05) is 6.54 Å². The number of nitrogens with one attached hydrogen (secondary N) is 1. The zero-order chi connectivity index (χ0) is 11.5. The molecule has 1 heterocycles. The van der Waals surface area contributed by atoms with Gasteiger partial charge in [-0.3, -0.25) is 9.69 Å². The van der Waals surface area contributed by atoms with Gasteiger partial charge in [-0.05, 0) is 19.8 Å². The first kappa shape index (κ1) is 11.4. The number of piperazine rings is 1. The molecule has 1 amide bonds. The molecule has 0 aromatic heterocycles. The van der Waals surface area contributed by atoms with E-state index in [9.17, 15) is 4.79 Å². The second-order valence-electron chi connectivity index (χ2n) is 4.86. The fraction of sp³-hybridized carbons (Fsp3) is 0.833. The molecular formula is C12H19N3O. The SMILES string of the molecule is CC1CNC(=O)C(CC#N)N1C1CCCC1. The highest BCUT2D eigenvalue weighted by atomic mass is 16.2. The molecule has 0 spiro atoms. The third-order valence-corrected chi connectivity index (χ3v) is 3.77. The van der Waals surface area contributed by atoms with Gasteiger partial charge in [0.1, 0.15) is 6.04 Å². The highest BCUT2D eigenvalue weighted by Crippen LogP contribution is 2.29.